The molecule has 1 aromatic carbocycles. The molecule has 2 N–H and O–H groups in total. The molecule has 1 aromatic heterocycles. The molecule has 130 valence electrons. The van der Waals surface area contributed by atoms with E-state index < -0.39 is 0 Å². The Bertz CT molecular complexity index is 614. The smallest absolute Gasteiger partial charge is 0.314 e. The number of nitrogens with one attached hydrogen (secondary N) is 2. The molecule has 0 unspecified atom stereocenters. The van der Waals surface area contributed by atoms with Gasteiger partial charge in [-0.05, 0) is 32.5 Å². The van der Waals surface area contributed by atoms with E-state index in [9.17, 15) is 4.79 Å². The maximum absolute atomic E-state index is 11.7. The van der Waals surface area contributed by atoms with Crippen LogP contribution in [0.4, 0.5) is 4.79 Å². The van der Waals surface area contributed by atoms with Crippen molar-refractivity contribution in [2.24, 2.45) is 0 Å². The van der Waals surface area contributed by atoms with Gasteiger partial charge in [-0.2, -0.15) is 0 Å². The minimum Gasteiger partial charge on any atom is -0.338 e. The third-order valence-electron chi connectivity index (χ3n) is 3.59. The van der Waals surface area contributed by atoms with E-state index >= 15 is 0 Å². The van der Waals surface area contributed by atoms with Crippen LogP contribution in [0.3, 0.4) is 0 Å². The van der Waals surface area contributed by atoms with Gasteiger partial charge in [0.25, 0.3) is 0 Å². The van der Waals surface area contributed by atoms with Gasteiger partial charge in [0.15, 0.2) is 0 Å². The number of nitrogens with zero attached hydrogens (tertiary/aromatic N) is 2. The zero-order valence-electron chi connectivity index (χ0n) is 14.4. The number of thiazole rings is 1. The molecule has 1 heterocycles. The second-order valence-corrected chi connectivity index (χ2v) is 6.83. The van der Waals surface area contributed by atoms with E-state index in [-0.39, 0.29) is 6.03 Å². The van der Waals surface area contributed by atoms with Crippen molar-refractivity contribution >= 4 is 17.4 Å². The molecule has 6 heteroatoms. The fraction of sp³-hybridized carbons (Fsp3) is 0.444. The van der Waals surface area contributed by atoms with E-state index in [2.05, 4.69) is 51.8 Å². The van der Waals surface area contributed by atoms with Gasteiger partial charge in [-0.3, -0.25) is 0 Å². The average molecular weight is 346 g/mol. The molecule has 5 nitrogen and oxygen atoms in total. The van der Waals surface area contributed by atoms with Crippen LogP contribution < -0.4 is 10.6 Å². The normalized spacial score (nSPS) is 10.8. The van der Waals surface area contributed by atoms with E-state index in [0.29, 0.717) is 13.1 Å². The second-order valence-electron chi connectivity index (χ2n) is 5.89. The minimum absolute atomic E-state index is 0.103. The summed E-state index contributed by atoms with van der Waals surface area (Å²) in [6, 6.07) is 10.3. The number of carbonyl (C=O) groups excluding carboxylic acids is 1. The fourth-order valence-corrected chi connectivity index (χ4v) is 3.16. The van der Waals surface area contributed by atoms with Crippen LogP contribution in [0.2, 0.25) is 0 Å². The maximum Gasteiger partial charge on any atom is 0.314 e. The van der Waals surface area contributed by atoms with Crippen molar-refractivity contribution in [1.82, 2.24) is 20.5 Å². The molecule has 0 aliphatic rings. The molecular formula is C18H26N4OS. The van der Waals surface area contributed by atoms with Crippen LogP contribution in [0, 0.1) is 6.92 Å². The first-order valence-electron chi connectivity index (χ1n) is 8.28. The zero-order valence-corrected chi connectivity index (χ0v) is 15.2. The molecule has 0 fully saturated rings. The number of rotatable bonds is 9. The number of carbonyl (C=O) groups is 1. The molecule has 24 heavy (non-hydrogen) atoms. The number of urea groups is 1. The van der Waals surface area contributed by atoms with Gasteiger partial charge in [0.05, 0.1) is 5.01 Å². The number of benzene rings is 1. The quantitative estimate of drug-likeness (QED) is 0.687. The maximum atomic E-state index is 11.7. The fourth-order valence-electron chi connectivity index (χ4n) is 2.39. The van der Waals surface area contributed by atoms with Crippen LogP contribution in [0.1, 0.15) is 22.7 Å². The molecule has 2 aromatic rings. The third kappa shape index (κ3) is 7.10. The van der Waals surface area contributed by atoms with Crippen LogP contribution >= 0.6 is 11.3 Å². The number of hydrogen-bond acceptors (Lipinski definition) is 4. The van der Waals surface area contributed by atoms with Gasteiger partial charge in [-0.15, -0.1) is 11.3 Å². The first kappa shape index (κ1) is 18.4. The lowest BCUT2D eigenvalue weighted by atomic mass is 10.2. The highest BCUT2D eigenvalue weighted by Gasteiger charge is 2.03. The van der Waals surface area contributed by atoms with E-state index in [0.717, 1.165) is 36.6 Å². The molecule has 0 atom stereocenters. The van der Waals surface area contributed by atoms with Gasteiger partial charge in [0.2, 0.25) is 0 Å². The monoisotopic (exact) mass is 346 g/mol. The van der Waals surface area contributed by atoms with E-state index in [1.165, 1.54) is 5.56 Å². The number of aryl methyl sites for hydroxylation is 1. The van der Waals surface area contributed by atoms with Crippen molar-refractivity contribution < 1.29 is 4.79 Å². The summed E-state index contributed by atoms with van der Waals surface area (Å²) in [4.78, 5) is 18.4. The summed E-state index contributed by atoms with van der Waals surface area (Å²) in [6.07, 6.45) is 1.72. The van der Waals surface area contributed by atoms with Gasteiger partial charge < -0.3 is 15.5 Å². The van der Waals surface area contributed by atoms with Gasteiger partial charge >= 0.3 is 6.03 Å². The Kier molecular flexibility index (Phi) is 7.71. The standard InChI is InChI=1S/C18H26N4OS/c1-15-14-24-17(21-15)9-11-20-18(23)19-10-6-12-22(2)13-16-7-4-3-5-8-16/h3-5,7-8,14H,6,9-13H2,1-2H3,(H2,19,20,23). The summed E-state index contributed by atoms with van der Waals surface area (Å²) < 4.78 is 0. The third-order valence-corrected chi connectivity index (χ3v) is 4.61. The first-order chi connectivity index (χ1) is 11.6. The Morgan fingerprint density at radius 1 is 1.21 bits per heavy atom. The van der Waals surface area contributed by atoms with E-state index in [1.54, 1.807) is 11.3 Å². The lowest BCUT2D eigenvalue weighted by Crippen LogP contribution is -2.37. The summed E-state index contributed by atoms with van der Waals surface area (Å²) >= 11 is 1.64. The molecule has 2 amide bonds. The van der Waals surface area contributed by atoms with Crippen LogP contribution in [-0.2, 0) is 13.0 Å². The second kappa shape index (κ2) is 10.1. The van der Waals surface area contributed by atoms with Crippen LogP contribution in [0.15, 0.2) is 35.7 Å². The molecule has 0 aliphatic heterocycles. The average Bonchev–Trinajstić information content (AvgIpc) is 2.98. The molecule has 2 rings (SSSR count). The Morgan fingerprint density at radius 3 is 2.67 bits per heavy atom. The lowest BCUT2D eigenvalue weighted by molar-refractivity contribution is 0.239. The summed E-state index contributed by atoms with van der Waals surface area (Å²) in [5, 5.41) is 8.87. The minimum atomic E-state index is -0.103. The van der Waals surface area contributed by atoms with Crippen LogP contribution in [0.25, 0.3) is 0 Å². The Hall–Kier alpha value is -1.92. The molecule has 0 spiro atoms. The van der Waals surface area contributed by atoms with Gasteiger partial charge in [-0.25, -0.2) is 9.78 Å². The molecular weight excluding hydrogens is 320 g/mol. The summed E-state index contributed by atoms with van der Waals surface area (Å²) in [5.74, 6) is 0. The molecule has 0 saturated heterocycles. The summed E-state index contributed by atoms with van der Waals surface area (Å²) in [6.45, 7) is 5.16. The van der Waals surface area contributed by atoms with Crippen molar-refractivity contribution in [3.63, 3.8) is 0 Å². The van der Waals surface area contributed by atoms with E-state index in [1.807, 2.05) is 18.4 Å². The largest absolute Gasteiger partial charge is 0.338 e. The van der Waals surface area contributed by atoms with Crippen molar-refractivity contribution in [2.45, 2.75) is 26.3 Å². The topological polar surface area (TPSA) is 57.3 Å². The van der Waals surface area contributed by atoms with Gasteiger partial charge in [0, 0.05) is 37.1 Å². The Balaban J connectivity index is 1.51. The van der Waals surface area contributed by atoms with Crippen molar-refractivity contribution in [2.75, 3.05) is 26.7 Å². The van der Waals surface area contributed by atoms with Gasteiger partial charge in [-0.1, -0.05) is 30.3 Å². The van der Waals surface area contributed by atoms with Crippen LogP contribution in [0.5, 0.6) is 0 Å². The highest BCUT2D eigenvalue weighted by molar-refractivity contribution is 7.09. The lowest BCUT2D eigenvalue weighted by Gasteiger charge is -2.16. The van der Waals surface area contributed by atoms with Gasteiger partial charge in [0.1, 0.15) is 0 Å². The Labute approximate surface area is 148 Å². The predicted octanol–water partition coefficient (Wildman–Crippen LogP) is 2.82. The van der Waals surface area contributed by atoms with Crippen molar-refractivity contribution in [3.8, 4) is 0 Å². The van der Waals surface area contributed by atoms with E-state index in [4.69, 9.17) is 0 Å². The van der Waals surface area contributed by atoms with Crippen molar-refractivity contribution in [3.05, 3.63) is 52.0 Å². The highest BCUT2D eigenvalue weighted by atomic mass is 32.1. The number of hydrogen-bond donors (Lipinski definition) is 2. The number of amides is 2. The molecule has 0 bridgehead atoms. The zero-order chi connectivity index (χ0) is 17.2. The summed E-state index contributed by atoms with van der Waals surface area (Å²) in [7, 11) is 2.10. The molecule has 0 saturated carbocycles. The van der Waals surface area contributed by atoms with Crippen molar-refractivity contribution in [1.29, 1.82) is 0 Å². The number of aromatic nitrogens is 1. The summed E-state index contributed by atoms with van der Waals surface area (Å²) in [5.41, 5.74) is 2.35. The highest BCUT2D eigenvalue weighted by Crippen LogP contribution is 2.08. The predicted molar refractivity (Wildman–Crippen MR) is 99.3 cm³/mol. The Morgan fingerprint density at radius 2 is 1.96 bits per heavy atom. The van der Waals surface area contributed by atoms with Crippen LogP contribution in [-0.4, -0.2) is 42.6 Å². The SMILES string of the molecule is Cc1csc(CCNC(=O)NCCCN(C)Cc2ccccc2)n1. The first-order valence-corrected chi connectivity index (χ1v) is 9.16. The molecule has 0 aliphatic carbocycles. The molecule has 0 radical (unpaired) electrons.